The zero-order chi connectivity index (χ0) is 12.1. The van der Waals surface area contributed by atoms with Crippen LogP contribution < -0.4 is 5.32 Å². The highest BCUT2D eigenvalue weighted by molar-refractivity contribution is 9.10. The van der Waals surface area contributed by atoms with E-state index in [4.69, 9.17) is 4.74 Å². The van der Waals surface area contributed by atoms with Crippen LogP contribution in [-0.4, -0.2) is 25.2 Å². The number of fused-ring (bicyclic) bond motifs is 1. The van der Waals surface area contributed by atoms with Gasteiger partial charge in [0.15, 0.2) is 5.13 Å². The lowest BCUT2D eigenvalue weighted by Crippen LogP contribution is -2.02. The first kappa shape index (κ1) is 12.8. The van der Waals surface area contributed by atoms with Gasteiger partial charge < -0.3 is 10.1 Å². The van der Waals surface area contributed by atoms with Crippen molar-refractivity contribution in [2.24, 2.45) is 0 Å². The number of halogens is 1. The lowest BCUT2D eigenvalue weighted by Gasteiger charge is -2.01. The van der Waals surface area contributed by atoms with Crippen molar-refractivity contribution in [2.75, 3.05) is 25.6 Å². The highest BCUT2D eigenvalue weighted by Gasteiger charge is 2.03. The number of hydrogen-bond acceptors (Lipinski definition) is 4. The van der Waals surface area contributed by atoms with Gasteiger partial charge in [0, 0.05) is 24.7 Å². The molecule has 0 aliphatic rings. The molecule has 17 heavy (non-hydrogen) atoms. The fraction of sp³-hybridized carbons (Fsp3) is 0.417. The zero-order valence-corrected chi connectivity index (χ0v) is 12.1. The SMILES string of the molecule is COCCCCNc1nc2cc(Br)ccc2s1. The first-order valence-corrected chi connectivity index (χ1v) is 7.19. The largest absolute Gasteiger partial charge is 0.385 e. The summed E-state index contributed by atoms with van der Waals surface area (Å²) >= 11 is 5.15. The monoisotopic (exact) mass is 314 g/mol. The summed E-state index contributed by atoms with van der Waals surface area (Å²) in [4.78, 5) is 4.54. The molecule has 1 aromatic heterocycles. The number of rotatable bonds is 6. The number of methoxy groups -OCH3 is 1. The molecule has 0 atom stereocenters. The van der Waals surface area contributed by atoms with E-state index in [1.54, 1.807) is 18.4 Å². The second kappa shape index (κ2) is 6.33. The van der Waals surface area contributed by atoms with Crippen molar-refractivity contribution < 1.29 is 4.74 Å². The van der Waals surface area contributed by atoms with Crippen molar-refractivity contribution in [3.8, 4) is 0 Å². The van der Waals surface area contributed by atoms with Crippen LogP contribution in [0.4, 0.5) is 5.13 Å². The van der Waals surface area contributed by atoms with Crippen molar-refractivity contribution >= 4 is 42.6 Å². The number of aromatic nitrogens is 1. The van der Waals surface area contributed by atoms with E-state index in [2.05, 4.69) is 32.3 Å². The molecular formula is C12H15BrN2OS. The lowest BCUT2D eigenvalue weighted by molar-refractivity contribution is 0.194. The molecule has 2 aromatic rings. The molecule has 92 valence electrons. The Kier molecular flexibility index (Phi) is 4.76. The van der Waals surface area contributed by atoms with Gasteiger partial charge in [-0.05, 0) is 31.0 Å². The average Bonchev–Trinajstić information content (AvgIpc) is 2.70. The van der Waals surface area contributed by atoms with Gasteiger partial charge in [-0.1, -0.05) is 27.3 Å². The van der Waals surface area contributed by atoms with E-state index >= 15 is 0 Å². The van der Waals surface area contributed by atoms with Gasteiger partial charge in [-0.15, -0.1) is 0 Å². The number of ether oxygens (including phenoxy) is 1. The smallest absolute Gasteiger partial charge is 0.183 e. The predicted octanol–water partition coefficient (Wildman–Crippen LogP) is 3.90. The second-order valence-corrected chi connectivity index (χ2v) is 5.70. The Morgan fingerprint density at radius 3 is 3.12 bits per heavy atom. The van der Waals surface area contributed by atoms with E-state index in [-0.39, 0.29) is 0 Å². The van der Waals surface area contributed by atoms with Crippen LogP contribution in [0, 0.1) is 0 Å². The minimum atomic E-state index is 0.828. The second-order valence-electron chi connectivity index (χ2n) is 3.76. The van der Waals surface area contributed by atoms with Crippen molar-refractivity contribution in [1.82, 2.24) is 4.98 Å². The summed E-state index contributed by atoms with van der Waals surface area (Å²) in [5, 5.41) is 4.34. The third-order valence-electron chi connectivity index (χ3n) is 2.40. The van der Waals surface area contributed by atoms with Crippen LogP contribution in [-0.2, 0) is 4.74 Å². The number of benzene rings is 1. The summed E-state index contributed by atoms with van der Waals surface area (Å²) in [6.07, 6.45) is 2.19. The van der Waals surface area contributed by atoms with Gasteiger partial charge in [0.05, 0.1) is 10.2 Å². The fourth-order valence-corrected chi connectivity index (χ4v) is 2.76. The highest BCUT2D eigenvalue weighted by atomic mass is 79.9. The number of hydrogen-bond donors (Lipinski definition) is 1. The van der Waals surface area contributed by atoms with Gasteiger partial charge in [-0.2, -0.15) is 0 Å². The van der Waals surface area contributed by atoms with Crippen molar-refractivity contribution in [3.05, 3.63) is 22.7 Å². The molecule has 0 aliphatic carbocycles. The topological polar surface area (TPSA) is 34.1 Å². The summed E-state index contributed by atoms with van der Waals surface area (Å²) < 4.78 is 7.30. The van der Waals surface area contributed by atoms with E-state index in [9.17, 15) is 0 Å². The normalized spacial score (nSPS) is 10.9. The lowest BCUT2D eigenvalue weighted by atomic mass is 10.3. The number of thiazole rings is 1. The Labute approximate surface area is 113 Å². The molecule has 0 fully saturated rings. The predicted molar refractivity (Wildman–Crippen MR) is 76.9 cm³/mol. The molecule has 0 spiro atoms. The van der Waals surface area contributed by atoms with Gasteiger partial charge in [-0.3, -0.25) is 0 Å². The standard InChI is InChI=1S/C12H15BrN2OS/c1-16-7-3-2-6-14-12-15-10-8-9(13)4-5-11(10)17-12/h4-5,8H,2-3,6-7H2,1H3,(H,14,15). The van der Waals surface area contributed by atoms with Crippen LogP contribution >= 0.6 is 27.3 Å². The summed E-state index contributed by atoms with van der Waals surface area (Å²) in [5.41, 5.74) is 1.05. The van der Waals surface area contributed by atoms with Crippen LogP contribution in [0.1, 0.15) is 12.8 Å². The summed E-state index contributed by atoms with van der Waals surface area (Å²) in [6, 6.07) is 6.18. The maximum atomic E-state index is 5.01. The maximum absolute atomic E-state index is 5.01. The molecule has 0 aliphatic heterocycles. The van der Waals surface area contributed by atoms with Crippen LogP contribution in [0.3, 0.4) is 0 Å². The number of anilines is 1. The summed E-state index contributed by atoms with van der Waals surface area (Å²) in [7, 11) is 1.73. The van der Waals surface area contributed by atoms with E-state index in [0.717, 1.165) is 41.1 Å². The fourth-order valence-electron chi connectivity index (χ4n) is 1.54. The van der Waals surface area contributed by atoms with Crippen molar-refractivity contribution in [1.29, 1.82) is 0 Å². The molecule has 0 radical (unpaired) electrons. The Morgan fingerprint density at radius 1 is 1.41 bits per heavy atom. The quantitative estimate of drug-likeness (QED) is 0.821. The van der Waals surface area contributed by atoms with Gasteiger partial charge >= 0.3 is 0 Å². The van der Waals surface area contributed by atoms with Crippen LogP contribution in [0.15, 0.2) is 22.7 Å². The first-order valence-electron chi connectivity index (χ1n) is 5.58. The van der Waals surface area contributed by atoms with E-state index < -0.39 is 0 Å². The maximum Gasteiger partial charge on any atom is 0.183 e. The minimum Gasteiger partial charge on any atom is -0.385 e. The van der Waals surface area contributed by atoms with Crippen molar-refractivity contribution in [3.63, 3.8) is 0 Å². The molecule has 0 bridgehead atoms. The number of nitrogens with zero attached hydrogens (tertiary/aromatic N) is 1. The first-order chi connectivity index (χ1) is 8.29. The van der Waals surface area contributed by atoms with E-state index in [1.807, 2.05) is 12.1 Å². The Hall–Kier alpha value is -0.650. The zero-order valence-electron chi connectivity index (χ0n) is 9.70. The summed E-state index contributed by atoms with van der Waals surface area (Å²) in [6.45, 7) is 1.78. The van der Waals surface area contributed by atoms with Crippen LogP contribution in [0.2, 0.25) is 0 Å². The van der Waals surface area contributed by atoms with Crippen LogP contribution in [0.5, 0.6) is 0 Å². The molecule has 0 saturated carbocycles. The molecule has 0 saturated heterocycles. The number of unbranched alkanes of at least 4 members (excludes halogenated alkanes) is 1. The van der Waals surface area contributed by atoms with Gasteiger partial charge in [0.1, 0.15) is 0 Å². The van der Waals surface area contributed by atoms with Gasteiger partial charge in [0.2, 0.25) is 0 Å². The average molecular weight is 315 g/mol. The Morgan fingerprint density at radius 2 is 2.29 bits per heavy atom. The number of nitrogens with one attached hydrogen (secondary N) is 1. The van der Waals surface area contributed by atoms with Gasteiger partial charge in [-0.25, -0.2) is 4.98 Å². The Bertz CT molecular complexity index is 486. The molecule has 1 heterocycles. The summed E-state index contributed by atoms with van der Waals surface area (Å²) in [5.74, 6) is 0. The molecular weight excluding hydrogens is 300 g/mol. The minimum absolute atomic E-state index is 0.828. The third-order valence-corrected chi connectivity index (χ3v) is 3.89. The molecule has 0 amide bonds. The molecule has 5 heteroatoms. The molecule has 0 unspecified atom stereocenters. The molecule has 1 N–H and O–H groups in total. The highest BCUT2D eigenvalue weighted by Crippen LogP contribution is 2.28. The van der Waals surface area contributed by atoms with Gasteiger partial charge in [0.25, 0.3) is 0 Å². The molecule has 1 aromatic carbocycles. The van der Waals surface area contributed by atoms with Crippen molar-refractivity contribution in [2.45, 2.75) is 12.8 Å². The third kappa shape index (κ3) is 3.66. The van der Waals surface area contributed by atoms with Crippen LogP contribution in [0.25, 0.3) is 10.2 Å². The molecule has 2 rings (SSSR count). The Balaban J connectivity index is 1.91. The van der Waals surface area contributed by atoms with E-state index in [0.29, 0.717) is 0 Å². The van der Waals surface area contributed by atoms with E-state index in [1.165, 1.54) is 4.70 Å². The molecule has 3 nitrogen and oxygen atoms in total.